The van der Waals surface area contributed by atoms with Crippen LogP contribution in [-0.4, -0.2) is 13.1 Å². The Kier molecular flexibility index (Phi) is 4.16. The molecule has 0 unspecified atom stereocenters. The fourth-order valence-corrected chi connectivity index (χ4v) is 1.42. The van der Waals surface area contributed by atoms with Gasteiger partial charge in [0.15, 0.2) is 0 Å². The lowest BCUT2D eigenvalue weighted by molar-refractivity contribution is -0.161. The molecule has 0 aromatic heterocycles. The number of carbonyl (C=O) groups is 1. The first-order valence-electron chi connectivity index (χ1n) is 5.74. The van der Waals surface area contributed by atoms with Crippen molar-refractivity contribution in [3.63, 3.8) is 0 Å². The van der Waals surface area contributed by atoms with Crippen LogP contribution in [-0.2, 0) is 15.1 Å². The zero-order valence-electron chi connectivity index (χ0n) is 11.1. The van der Waals surface area contributed by atoms with Crippen LogP contribution in [0.4, 0.5) is 0 Å². The Bertz CT molecular complexity index is 377. The van der Waals surface area contributed by atoms with Crippen LogP contribution in [0, 0.1) is 5.92 Å². The average Bonchev–Trinajstić information content (AvgIpc) is 2.28. The van der Waals surface area contributed by atoms with Gasteiger partial charge in [0.1, 0.15) is 11.4 Å². The van der Waals surface area contributed by atoms with Crippen LogP contribution in [0.3, 0.4) is 0 Å². The van der Waals surface area contributed by atoms with E-state index in [1.165, 1.54) is 0 Å². The van der Waals surface area contributed by atoms with Crippen molar-refractivity contribution in [2.75, 3.05) is 7.11 Å². The van der Waals surface area contributed by atoms with Crippen LogP contribution in [0.1, 0.15) is 33.3 Å². The molecule has 0 saturated carbocycles. The van der Waals surface area contributed by atoms with Crippen molar-refractivity contribution in [1.82, 2.24) is 0 Å². The minimum absolute atomic E-state index is 0.118. The van der Waals surface area contributed by atoms with Crippen molar-refractivity contribution >= 4 is 5.97 Å². The zero-order chi connectivity index (χ0) is 13.1. The Morgan fingerprint density at radius 2 is 1.71 bits per heavy atom. The van der Waals surface area contributed by atoms with Crippen LogP contribution in [0.5, 0.6) is 5.75 Å². The second kappa shape index (κ2) is 5.21. The Labute approximate surface area is 103 Å². The van der Waals surface area contributed by atoms with Gasteiger partial charge >= 0.3 is 5.97 Å². The topological polar surface area (TPSA) is 35.5 Å². The lowest BCUT2D eigenvalue weighted by Crippen LogP contribution is -2.27. The Morgan fingerprint density at radius 1 is 1.18 bits per heavy atom. The van der Waals surface area contributed by atoms with Gasteiger partial charge in [-0.2, -0.15) is 0 Å². The maximum Gasteiger partial charge on any atom is 0.309 e. The molecule has 0 radical (unpaired) electrons. The third-order valence-corrected chi connectivity index (χ3v) is 2.61. The molecule has 3 heteroatoms. The van der Waals surface area contributed by atoms with Crippen molar-refractivity contribution in [2.24, 2.45) is 5.92 Å². The molecule has 0 aliphatic rings. The quantitative estimate of drug-likeness (QED) is 0.753. The highest BCUT2D eigenvalue weighted by molar-refractivity contribution is 5.72. The number of ether oxygens (including phenoxy) is 2. The van der Waals surface area contributed by atoms with E-state index < -0.39 is 5.60 Å². The van der Waals surface area contributed by atoms with Gasteiger partial charge in [0.05, 0.1) is 13.0 Å². The summed E-state index contributed by atoms with van der Waals surface area (Å²) in [7, 11) is 1.62. The van der Waals surface area contributed by atoms with Crippen LogP contribution in [0.2, 0.25) is 0 Å². The SMILES string of the molecule is COc1ccc(C(C)(C)OC(=O)C(C)C)cc1. The van der Waals surface area contributed by atoms with E-state index in [0.717, 1.165) is 11.3 Å². The second-order valence-corrected chi connectivity index (χ2v) is 4.81. The largest absolute Gasteiger partial charge is 0.497 e. The molecule has 0 amide bonds. The van der Waals surface area contributed by atoms with Gasteiger partial charge in [0.2, 0.25) is 0 Å². The van der Waals surface area contributed by atoms with Crippen molar-refractivity contribution in [3.8, 4) is 5.75 Å². The molecule has 0 N–H and O–H groups in total. The minimum atomic E-state index is -0.617. The fraction of sp³-hybridized carbons (Fsp3) is 0.500. The summed E-state index contributed by atoms with van der Waals surface area (Å²) < 4.78 is 10.6. The van der Waals surface area contributed by atoms with Gasteiger partial charge in [-0.15, -0.1) is 0 Å². The van der Waals surface area contributed by atoms with E-state index >= 15 is 0 Å². The first-order chi connectivity index (χ1) is 7.86. The third-order valence-electron chi connectivity index (χ3n) is 2.61. The van der Waals surface area contributed by atoms with Crippen LogP contribution < -0.4 is 4.74 Å². The summed E-state index contributed by atoms with van der Waals surface area (Å²) in [6.07, 6.45) is 0. The predicted molar refractivity (Wildman–Crippen MR) is 67.0 cm³/mol. The molecule has 0 aliphatic carbocycles. The molecule has 0 heterocycles. The number of hydrogen-bond donors (Lipinski definition) is 0. The molecule has 0 saturated heterocycles. The number of methoxy groups -OCH3 is 1. The van der Waals surface area contributed by atoms with Gasteiger partial charge in [-0.1, -0.05) is 26.0 Å². The standard InChI is InChI=1S/C14H20O3/c1-10(2)13(15)17-14(3,4)11-6-8-12(16-5)9-7-11/h6-10H,1-5H3. The molecule has 0 fully saturated rings. The van der Waals surface area contributed by atoms with Crippen molar-refractivity contribution in [1.29, 1.82) is 0 Å². The summed E-state index contributed by atoms with van der Waals surface area (Å²) in [5.74, 6) is 0.484. The summed E-state index contributed by atoms with van der Waals surface area (Å²) >= 11 is 0. The molecule has 0 aliphatic heterocycles. The molecule has 0 bridgehead atoms. The van der Waals surface area contributed by atoms with Crippen LogP contribution in [0.15, 0.2) is 24.3 Å². The molecular formula is C14H20O3. The molecule has 1 aromatic carbocycles. The highest BCUT2D eigenvalue weighted by Gasteiger charge is 2.26. The molecule has 1 aromatic rings. The lowest BCUT2D eigenvalue weighted by atomic mass is 9.97. The number of benzene rings is 1. The Hall–Kier alpha value is -1.51. The second-order valence-electron chi connectivity index (χ2n) is 4.81. The molecule has 3 nitrogen and oxygen atoms in total. The maximum atomic E-state index is 11.6. The molecule has 1 rings (SSSR count). The minimum Gasteiger partial charge on any atom is -0.497 e. The van der Waals surface area contributed by atoms with Crippen LogP contribution in [0.25, 0.3) is 0 Å². The summed E-state index contributed by atoms with van der Waals surface area (Å²) in [6, 6.07) is 7.54. The molecule has 17 heavy (non-hydrogen) atoms. The predicted octanol–water partition coefficient (Wildman–Crippen LogP) is 3.13. The number of hydrogen-bond acceptors (Lipinski definition) is 3. The Balaban J connectivity index is 2.84. The highest BCUT2D eigenvalue weighted by Crippen LogP contribution is 2.27. The molecule has 94 valence electrons. The summed E-state index contributed by atoms with van der Waals surface area (Å²) in [5.41, 5.74) is 0.334. The van der Waals surface area contributed by atoms with Crippen molar-refractivity contribution in [3.05, 3.63) is 29.8 Å². The van der Waals surface area contributed by atoms with E-state index in [4.69, 9.17) is 9.47 Å². The number of esters is 1. The van der Waals surface area contributed by atoms with Gasteiger partial charge in [-0.25, -0.2) is 0 Å². The monoisotopic (exact) mass is 236 g/mol. The normalized spacial score (nSPS) is 11.4. The lowest BCUT2D eigenvalue weighted by Gasteiger charge is -2.26. The van der Waals surface area contributed by atoms with E-state index in [1.807, 2.05) is 52.0 Å². The third kappa shape index (κ3) is 3.48. The smallest absolute Gasteiger partial charge is 0.309 e. The summed E-state index contributed by atoms with van der Waals surface area (Å²) in [6.45, 7) is 7.42. The van der Waals surface area contributed by atoms with E-state index in [2.05, 4.69) is 0 Å². The first kappa shape index (κ1) is 13.6. The van der Waals surface area contributed by atoms with E-state index in [9.17, 15) is 4.79 Å². The van der Waals surface area contributed by atoms with Crippen LogP contribution >= 0.6 is 0 Å². The van der Waals surface area contributed by atoms with E-state index in [-0.39, 0.29) is 11.9 Å². The first-order valence-corrected chi connectivity index (χ1v) is 5.74. The van der Waals surface area contributed by atoms with Gasteiger partial charge in [-0.05, 0) is 31.5 Å². The highest BCUT2D eigenvalue weighted by atomic mass is 16.6. The van der Waals surface area contributed by atoms with Gasteiger partial charge in [0, 0.05) is 0 Å². The Morgan fingerprint density at radius 3 is 2.12 bits per heavy atom. The fourth-order valence-electron chi connectivity index (χ4n) is 1.42. The van der Waals surface area contributed by atoms with Crippen molar-refractivity contribution < 1.29 is 14.3 Å². The van der Waals surface area contributed by atoms with Gasteiger partial charge in [-0.3, -0.25) is 4.79 Å². The average molecular weight is 236 g/mol. The van der Waals surface area contributed by atoms with Gasteiger partial charge < -0.3 is 9.47 Å². The summed E-state index contributed by atoms with van der Waals surface area (Å²) in [5, 5.41) is 0. The van der Waals surface area contributed by atoms with E-state index in [0.29, 0.717) is 0 Å². The maximum absolute atomic E-state index is 11.6. The van der Waals surface area contributed by atoms with Crippen molar-refractivity contribution in [2.45, 2.75) is 33.3 Å². The number of carbonyl (C=O) groups excluding carboxylic acids is 1. The zero-order valence-corrected chi connectivity index (χ0v) is 11.1. The summed E-state index contributed by atoms with van der Waals surface area (Å²) in [4.78, 5) is 11.6. The van der Waals surface area contributed by atoms with Gasteiger partial charge in [0.25, 0.3) is 0 Å². The number of rotatable bonds is 4. The molecule has 0 spiro atoms. The molecular weight excluding hydrogens is 216 g/mol. The van der Waals surface area contributed by atoms with E-state index in [1.54, 1.807) is 7.11 Å². The molecule has 0 atom stereocenters.